The van der Waals surface area contributed by atoms with E-state index in [1.54, 1.807) is 26.0 Å². The highest BCUT2D eigenvalue weighted by molar-refractivity contribution is 7.89. The van der Waals surface area contributed by atoms with Crippen LogP contribution in [0.15, 0.2) is 53.4 Å². The molecule has 150 valence electrons. The zero-order chi connectivity index (χ0) is 20.1. The number of benzene rings is 2. The van der Waals surface area contributed by atoms with Crippen molar-refractivity contribution < 1.29 is 17.9 Å². The number of carbonyl (C=O) groups excluding carboxylic acids is 1. The monoisotopic (exact) mass is 402 g/mol. The van der Waals surface area contributed by atoms with Crippen LogP contribution in [0.5, 0.6) is 5.75 Å². The molecule has 0 bridgehead atoms. The molecule has 1 amide bonds. The Bertz CT molecular complexity index is 939. The minimum Gasteiger partial charge on any atom is -0.493 e. The summed E-state index contributed by atoms with van der Waals surface area (Å²) >= 11 is 0. The molecule has 0 fully saturated rings. The third-order valence-corrected chi connectivity index (χ3v) is 6.99. The molecule has 0 aliphatic carbocycles. The number of para-hydroxylation sites is 1. The lowest BCUT2D eigenvalue weighted by molar-refractivity contribution is 0.0939. The largest absolute Gasteiger partial charge is 0.493 e. The molecule has 2 aromatic carbocycles. The van der Waals surface area contributed by atoms with Gasteiger partial charge in [-0.15, -0.1) is 0 Å². The van der Waals surface area contributed by atoms with Gasteiger partial charge in [0, 0.05) is 31.1 Å². The predicted molar refractivity (Wildman–Crippen MR) is 108 cm³/mol. The molecule has 1 atom stereocenters. The lowest BCUT2D eigenvalue weighted by atomic mass is 9.96. The van der Waals surface area contributed by atoms with Gasteiger partial charge in [0.1, 0.15) is 5.75 Å². The Morgan fingerprint density at radius 1 is 1.14 bits per heavy atom. The van der Waals surface area contributed by atoms with Crippen LogP contribution in [0.3, 0.4) is 0 Å². The lowest BCUT2D eigenvalue weighted by Gasteiger charge is -2.25. The second-order valence-electron chi connectivity index (χ2n) is 6.82. The molecule has 1 heterocycles. The predicted octanol–water partition coefficient (Wildman–Crippen LogP) is 2.70. The van der Waals surface area contributed by atoms with E-state index in [2.05, 4.69) is 5.32 Å². The highest BCUT2D eigenvalue weighted by Gasteiger charge is 2.23. The molecule has 1 N–H and O–H groups in total. The third kappa shape index (κ3) is 4.36. The Labute approximate surface area is 166 Å². The minimum absolute atomic E-state index is 0.138. The second-order valence-corrected chi connectivity index (χ2v) is 8.75. The first-order chi connectivity index (χ1) is 13.5. The second kappa shape index (κ2) is 8.75. The maximum atomic E-state index is 12.7. The van der Waals surface area contributed by atoms with Gasteiger partial charge in [0.15, 0.2) is 0 Å². The molecule has 28 heavy (non-hydrogen) atoms. The first-order valence-corrected chi connectivity index (χ1v) is 11.0. The van der Waals surface area contributed by atoms with Crippen LogP contribution in [0.4, 0.5) is 0 Å². The Morgan fingerprint density at radius 3 is 2.64 bits per heavy atom. The van der Waals surface area contributed by atoms with Crippen LogP contribution in [0.2, 0.25) is 0 Å². The molecular weight excluding hydrogens is 376 g/mol. The minimum atomic E-state index is -3.59. The van der Waals surface area contributed by atoms with Gasteiger partial charge in [-0.2, -0.15) is 4.31 Å². The standard InChI is InChI=1S/C21H26N2O4S/c1-3-23(4-2)28(25,26)19-10-7-9-18(13-19)21(24)22-14-16-12-17-8-5-6-11-20(17)27-15-16/h5-11,13,16H,3-4,12,14-15H2,1-2H3,(H,22,24). The molecule has 0 radical (unpaired) electrons. The molecule has 1 aliphatic heterocycles. The molecule has 0 spiro atoms. The van der Waals surface area contributed by atoms with Crippen LogP contribution < -0.4 is 10.1 Å². The number of nitrogens with one attached hydrogen (secondary N) is 1. The summed E-state index contributed by atoms with van der Waals surface area (Å²) < 4.78 is 32.5. The molecular formula is C21H26N2O4S. The maximum absolute atomic E-state index is 12.7. The van der Waals surface area contributed by atoms with E-state index in [1.165, 1.54) is 16.4 Å². The van der Waals surface area contributed by atoms with E-state index in [0.29, 0.717) is 31.8 Å². The fourth-order valence-electron chi connectivity index (χ4n) is 3.37. The number of nitrogens with zero attached hydrogens (tertiary/aromatic N) is 1. The fraction of sp³-hybridized carbons (Fsp3) is 0.381. The average molecular weight is 403 g/mol. The van der Waals surface area contributed by atoms with E-state index >= 15 is 0 Å². The van der Waals surface area contributed by atoms with Gasteiger partial charge in [-0.25, -0.2) is 8.42 Å². The number of rotatable bonds is 7. The Morgan fingerprint density at radius 2 is 1.89 bits per heavy atom. The van der Waals surface area contributed by atoms with Crippen molar-refractivity contribution >= 4 is 15.9 Å². The zero-order valence-corrected chi connectivity index (χ0v) is 17.0. The van der Waals surface area contributed by atoms with Gasteiger partial charge < -0.3 is 10.1 Å². The van der Waals surface area contributed by atoms with Gasteiger partial charge in [-0.05, 0) is 36.2 Å². The number of ether oxygens (including phenoxy) is 1. The van der Waals surface area contributed by atoms with E-state index in [4.69, 9.17) is 4.74 Å². The first kappa shape index (κ1) is 20.4. The van der Waals surface area contributed by atoms with E-state index in [-0.39, 0.29) is 16.7 Å². The maximum Gasteiger partial charge on any atom is 0.251 e. The molecule has 1 unspecified atom stereocenters. The molecule has 0 saturated heterocycles. The van der Waals surface area contributed by atoms with Crippen molar-refractivity contribution in [3.8, 4) is 5.75 Å². The summed E-state index contributed by atoms with van der Waals surface area (Å²) in [4.78, 5) is 12.7. The highest BCUT2D eigenvalue weighted by Crippen LogP contribution is 2.26. The quantitative estimate of drug-likeness (QED) is 0.773. The zero-order valence-electron chi connectivity index (χ0n) is 16.2. The van der Waals surface area contributed by atoms with Crippen LogP contribution in [0.1, 0.15) is 29.8 Å². The van der Waals surface area contributed by atoms with Gasteiger partial charge in [0.25, 0.3) is 5.91 Å². The van der Waals surface area contributed by atoms with Crippen LogP contribution in [0, 0.1) is 5.92 Å². The molecule has 3 rings (SSSR count). The summed E-state index contributed by atoms with van der Waals surface area (Å²) in [5.74, 6) is 0.802. The van der Waals surface area contributed by atoms with E-state index < -0.39 is 10.0 Å². The Hall–Kier alpha value is -2.38. The van der Waals surface area contributed by atoms with Gasteiger partial charge in [0.05, 0.1) is 11.5 Å². The van der Waals surface area contributed by atoms with Gasteiger partial charge >= 0.3 is 0 Å². The fourth-order valence-corrected chi connectivity index (χ4v) is 4.88. The topological polar surface area (TPSA) is 75.7 Å². The summed E-state index contributed by atoms with van der Waals surface area (Å²) in [6.45, 7) is 5.38. The van der Waals surface area contributed by atoms with Gasteiger partial charge in [-0.3, -0.25) is 4.79 Å². The average Bonchev–Trinajstić information content (AvgIpc) is 2.72. The van der Waals surface area contributed by atoms with Crippen molar-refractivity contribution in [2.75, 3.05) is 26.2 Å². The molecule has 0 aromatic heterocycles. The molecule has 2 aromatic rings. The number of fused-ring (bicyclic) bond motifs is 1. The first-order valence-electron chi connectivity index (χ1n) is 9.54. The summed E-state index contributed by atoms with van der Waals surface area (Å²) in [7, 11) is -3.59. The van der Waals surface area contributed by atoms with Crippen molar-refractivity contribution in [2.45, 2.75) is 25.2 Å². The normalized spacial score (nSPS) is 16.3. The van der Waals surface area contributed by atoms with Crippen molar-refractivity contribution in [3.63, 3.8) is 0 Å². The van der Waals surface area contributed by atoms with Crippen molar-refractivity contribution in [3.05, 3.63) is 59.7 Å². The number of hydrogen-bond donors (Lipinski definition) is 1. The smallest absolute Gasteiger partial charge is 0.251 e. The van der Waals surface area contributed by atoms with Crippen molar-refractivity contribution in [2.24, 2.45) is 5.92 Å². The van der Waals surface area contributed by atoms with Crippen LogP contribution in [-0.4, -0.2) is 44.9 Å². The summed E-state index contributed by atoms with van der Waals surface area (Å²) in [5, 5.41) is 2.91. The summed E-state index contributed by atoms with van der Waals surface area (Å²) in [6, 6.07) is 14.1. The van der Waals surface area contributed by atoms with E-state index in [1.807, 2.05) is 24.3 Å². The summed E-state index contributed by atoms with van der Waals surface area (Å²) in [6.07, 6.45) is 0.840. The van der Waals surface area contributed by atoms with E-state index in [0.717, 1.165) is 17.7 Å². The molecule has 7 heteroatoms. The summed E-state index contributed by atoms with van der Waals surface area (Å²) in [5.41, 5.74) is 1.48. The van der Waals surface area contributed by atoms with Gasteiger partial charge in [0.2, 0.25) is 10.0 Å². The molecule has 1 aliphatic rings. The lowest BCUT2D eigenvalue weighted by Crippen LogP contribution is -2.35. The van der Waals surface area contributed by atoms with Crippen LogP contribution in [0.25, 0.3) is 0 Å². The van der Waals surface area contributed by atoms with Crippen molar-refractivity contribution in [1.82, 2.24) is 9.62 Å². The Balaban J connectivity index is 1.66. The Kier molecular flexibility index (Phi) is 6.36. The molecule has 0 saturated carbocycles. The third-order valence-electron chi connectivity index (χ3n) is 4.95. The molecule has 6 nitrogen and oxygen atoms in total. The van der Waals surface area contributed by atoms with E-state index in [9.17, 15) is 13.2 Å². The van der Waals surface area contributed by atoms with Crippen LogP contribution in [-0.2, 0) is 16.4 Å². The highest BCUT2D eigenvalue weighted by atomic mass is 32.2. The number of sulfonamides is 1. The number of amides is 1. The van der Waals surface area contributed by atoms with Crippen LogP contribution >= 0.6 is 0 Å². The van der Waals surface area contributed by atoms with Crippen molar-refractivity contribution in [1.29, 1.82) is 0 Å². The SMILES string of the molecule is CCN(CC)S(=O)(=O)c1cccc(C(=O)NCC2COc3ccccc3C2)c1. The van der Waals surface area contributed by atoms with Gasteiger partial charge in [-0.1, -0.05) is 38.1 Å². The number of carbonyl (C=O) groups is 1. The number of hydrogen-bond acceptors (Lipinski definition) is 4.